The highest BCUT2D eigenvalue weighted by atomic mass is 15.3. The van der Waals surface area contributed by atoms with E-state index in [0.29, 0.717) is 6.04 Å². The maximum Gasteiger partial charge on any atom is 0.0815 e. The van der Waals surface area contributed by atoms with Crippen molar-refractivity contribution < 1.29 is 0 Å². The van der Waals surface area contributed by atoms with Crippen molar-refractivity contribution in [2.75, 3.05) is 5.32 Å². The summed E-state index contributed by atoms with van der Waals surface area (Å²) in [7, 11) is 1.95. The van der Waals surface area contributed by atoms with Gasteiger partial charge in [0.2, 0.25) is 0 Å². The van der Waals surface area contributed by atoms with Crippen molar-refractivity contribution in [3.63, 3.8) is 0 Å². The molecule has 1 saturated carbocycles. The van der Waals surface area contributed by atoms with Crippen LogP contribution in [0.1, 0.15) is 43.1 Å². The Morgan fingerprint density at radius 3 is 2.84 bits per heavy atom. The third-order valence-electron chi connectivity index (χ3n) is 4.06. The smallest absolute Gasteiger partial charge is 0.0815 e. The molecule has 0 amide bonds. The second kappa shape index (κ2) is 5.07. The molecule has 1 aliphatic rings. The molecule has 1 N–H and O–H groups in total. The molecule has 0 atom stereocenters. The van der Waals surface area contributed by atoms with Crippen molar-refractivity contribution in [2.45, 2.75) is 45.2 Å². The normalized spacial score (nSPS) is 16.1. The molecule has 5 nitrogen and oxygen atoms in total. The van der Waals surface area contributed by atoms with Crippen LogP contribution in [0, 0.1) is 6.92 Å². The van der Waals surface area contributed by atoms with Crippen LogP contribution in [0.15, 0.2) is 18.5 Å². The molecule has 0 radical (unpaired) electrons. The molecule has 0 aliphatic heterocycles. The van der Waals surface area contributed by atoms with Crippen LogP contribution >= 0.6 is 0 Å². The summed E-state index contributed by atoms with van der Waals surface area (Å²) in [6.45, 7) is 2.82. The van der Waals surface area contributed by atoms with Gasteiger partial charge in [-0.3, -0.25) is 9.36 Å². The summed E-state index contributed by atoms with van der Waals surface area (Å²) in [6, 6.07) is 2.73. The minimum atomic E-state index is 0.619. The molecular formula is C14H21N5. The van der Waals surface area contributed by atoms with E-state index in [1.54, 1.807) is 0 Å². The number of hydrogen-bond donors (Lipinski definition) is 1. The third-order valence-corrected chi connectivity index (χ3v) is 4.06. The van der Waals surface area contributed by atoms with Crippen molar-refractivity contribution in [3.05, 3.63) is 29.8 Å². The molecule has 2 aromatic rings. The van der Waals surface area contributed by atoms with Crippen LogP contribution in [0.2, 0.25) is 0 Å². The van der Waals surface area contributed by atoms with Crippen molar-refractivity contribution in [1.82, 2.24) is 19.6 Å². The lowest BCUT2D eigenvalue weighted by atomic mass is 10.3. The Balaban J connectivity index is 1.62. The molecule has 2 aromatic heterocycles. The highest BCUT2D eigenvalue weighted by Crippen LogP contribution is 2.28. The zero-order valence-corrected chi connectivity index (χ0v) is 11.6. The van der Waals surface area contributed by atoms with E-state index < -0.39 is 0 Å². The summed E-state index contributed by atoms with van der Waals surface area (Å²) >= 11 is 0. The molecule has 5 heteroatoms. The van der Waals surface area contributed by atoms with Crippen molar-refractivity contribution in [2.24, 2.45) is 7.05 Å². The summed E-state index contributed by atoms with van der Waals surface area (Å²) in [6.07, 6.45) is 9.21. The van der Waals surface area contributed by atoms with Gasteiger partial charge in [0.1, 0.15) is 0 Å². The molecule has 102 valence electrons. The van der Waals surface area contributed by atoms with E-state index in [1.807, 2.05) is 17.9 Å². The average Bonchev–Trinajstić information content (AvgIpc) is 3.11. The predicted octanol–water partition coefficient (Wildman–Crippen LogP) is 2.65. The molecule has 19 heavy (non-hydrogen) atoms. The van der Waals surface area contributed by atoms with Crippen molar-refractivity contribution in [1.29, 1.82) is 0 Å². The topological polar surface area (TPSA) is 47.7 Å². The Kier molecular flexibility index (Phi) is 3.27. The number of nitrogens with zero attached hydrogens (tertiary/aromatic N) is 4. The molecule has 0 aromatic carbocycles. The monoisotopic (exact) mass is 259 g/mol. The third kappa shape index (κ3) is 2.50. The van der Waals surface area contributed by atoms with Gasteiger partial charge in [-0.1, -0.05) is 12.8 Å². The first kappa shape index (κ1) is 12.3. The van der Waals surface area contributed by atoms with Crippen LogP contribution in [0.25, 0.3) is 0 Å². The van der Waals surface area contributed by atoms with Crippen LogP contribution in [0.5, 0.6) is 0 Å². The highest BCUT2D eigenvalue weighted by Gasteiger charge is 2.17. The fourth-order valence-electron chi connectivity index (χ4n) is 2.70. The van der Waals surface area contributed by atoms with E-state index in [9.17, 15) is 0 Å². The Bertz CT molecular complexity index is 548. The Morgan fingerprint density at radius 1 is 1.37 bits per heavy atom. The van der Waals surface area contributed by atoms with Gasteiger partial charge < -0.3 is 5.32 Å². The van der Waals surface area contributed by atoms with Gasteiger partial charge in [0.05, 0.1) is 35.9 Å². The zero-order valence-electron chi connectivity index (χ0n) is 11.6. The summed E-state index contributed by atoms with van der Waals surface area (Å²) in [5, 5.41) is 12.3. The number of aromatic nitrogens is 4. The molecule has 0 saturated heterocycles. The van der Waals surface area contributed by atoms with Gasteiger partial charge in [-0.15, -0.1) is 0 Å². The van der Waals surface area contributed by atoms with Crippen LogP contribution in [-0.4, -0.2) is 19.6 Å². The minimum absolute atomic E-state index is 0.619. The summed E-state index contributed by atoms with van der Waals surface area (Å²) in [5.41, 5.74) is 3.32. The molecule has 0 bridgehead atoms. The number of rotatable bonds is 4. The van der Waals surface area contributed by atoms with Gasteiger partial charge in [-0.2, -0.15) is 10.2 Å². The quantitative estimate of drug-likeness (QED) is 0.918. The standard InChI is InChI=1S/C14H21N5/c1-11-14(10-16-18(11)2)15-9-12-7-8-19(17-12)13-5-3-4-6-13/h7-8,10,13,15H,3-6,9H2,1-2H3. The van der Waals surface area contributed by atoms with Crippen LogP contribution in [0.3, 0.4) is 0 Å². The predicted molar refractivity (Wildman–Crippen MR) is 75.0 cm³/mol. The lowest BCUT2D eigenvalue weighted by Crippen LogP contribution is -2.07. The van der Waals surface area contributed by atoms with Gasteiger partial charge in [0.15, 0.2) is 0 Å². The number of anilines is 1. The maximum absolute atomic E-state index is 4.67. The zero-order chi connectivity index (χ0) is 13.2. The van der Waals surface area contributed by atoms with Gasteiger partial charge in [-0.05, 0) is 25.8 Å². The van der Waals surface area contributed by atoms with Crippen LogP contribution in [0.4, 0.5) is 5.69 Å². The fraction of sp³-hybridized carbons (Fsp3) is 0.571. The first-order chi connectivity index (χ1) is 9.24. The van der Waals surface area contributed by atoms with E-state index in [0.717, 1.165) is 23.6 Å². The minimum Gasteiger partial charge on any atom is -0.377 e. The van der Waals surface area contributed by atoms with E-state index >= 15 is 0 Å². The Hall–Kier alpha value is -1.78. The molecule has 1 aliphatic carbocycles. The first-order valence-corrected chi connectivity index (χ1v) is 7.00. The van der Waals surface area contributed by atoms with Crippen molar-refractivity contribution in [3.8, 4) is 0 Å². The second-order valence-electron chi connectivity index (χ2n) is 5.35. The summed E-state index contributed by atoms with van der Waals surface area (Å²) < 4.78 is 4.01. The molecule has 2 heterocycles. The van der Waals surface area contributed by atoms with E-state index in [1.165, 1.54) is 25.7 Å². The summed E-state index contributed by atoms with van der Waals surface area (Å²) in [5.74, 6) is 0. The molecular weight excluding hydrogens is 238 g/mol. The summed E-state index contributed by atoms with van der Waals surface area (Å²) in [4.78, 5) is 0. The highest BCUT2D eigenvalue weighted by molar-refractivity contribution is 5.45. The van der Waals surface area contributed by atoms with E-state index in [2.05, 4.69) is 39.4 Å². The SMILES string of the molecule is Cc1c(NCc2ccn(C3CCCC3)n2)cnn1C. The number of aryl methyl sites for hydroxylation is 1. The Morgan fingerprint density at radius 2 is 2.16 bits per heavy atom. The fourth-order valence-corrected chi connectivity index (χ4v) is 2.70. The van der Waals surface area contributed by atoms with Gasteiger partial charge >= 0.3 is 0 Å². The lowest BCUT2D eigenvalue weighted by molar-refractivity contribution is 0.463. The van der Waals surface area contributed by atoms with E-state index in [-0.39, 0.29) is 0 Å². The first-order valence-electron chi connectivity index (χ1n) is 7.00. The number of hydrogen-bond acceptors (Lipinski definition) is 3. The van der Waals surface area contributed by atoms with Gasteiger partial charge in [0.25, 0.3) is 0 Å². The average molecular weight is 259 g/mol. The van der Waals surface area contributed by atoms with E-state index in [4.69, 9.17) is 0 Å². The van der Waals surface area contributed by atoms with Crippen LogP contribution in [-0.2, 0) is 13.6 Å². The second-order valence-corrected chi connectivity index (χ2v) is 5.35. The molecule has 0 unspecified atom stereocenters. The van der Waals surface area contributed by atoms with Crippen molar-refractivity contribution >= 4 is 5.69 Å². The van der Waals surface area contributed by atoms with Gasteiger partial charge in [0, 0.05) is 13.2 Å². The Labute approximate surface area is 113 Å². The molecule has 1 fully saturated rings. The maximum atomic E-state index is 4.67. The van der Waals surface area contributed by atoms with Crippen LogP contribution < -0.4 is 5.32 Å². The molecule has 3 rings (SSSR count). The lowest BCUT2D eigenvalue weighted by Gasteiger charge is -2.09. The van der Waals surface area contributed by atoms with Gasteiger partial charge in [-0.25, -0.2) is 0 Å². The molecule has 0 spiro atoms. The largest absolute Gasteiger partial charge is 0.377 e. The number of nitrogens with one attached hydrogen (secondary N) is 1.